The van der Waals surface area contributed by atoms with E-state index in [1.807, 2.05) is 6.07 Å². The van der Waals surface area contributed by atoms with Crippen molar-refractivity contribution in [2.75, 3.05) is 0 Å². The standard InChI is InChI=1S/C13H7Cl2F2N3O2/c1-13(16,17)11-10(12(21)20-5-19-11)22-9-7(14)2-6(4-18)3-8(9)15/h2-3,5H,1H3,(H,19,20,21). The molecule has 0 saturated heterocycles. The normalized spacial score (nSPS) is 11.1. The van der Waals surface area contributed by atoms with Gasteiger partial charge in [0.2, 0.25) is 5.75 Å². The smallest absolute Gasteiger partial charge is 0.294 e. The first-order valence-electron chi connectivity index (χ1n) is 5.77. The summed E-state index contributed by atoms with van der Waals surface area (Å²) in [6.45, 7) is 0.573. The van der Waals surface area contributed by atoms with Crippen molar-refractivity contribution in [3.8, 4) is 17.6 Å². The molecule has 0 aliphatic rings. The number of ether oxygens (including phenoxy) is 1. The average molecular weight is 346 g/mol. The molecular formula is C13H7Cl2F2N3O2. The number of rotatable bonds is 3. The topological polar surface area (TPSA) is 78.8 Å². The summed E-state index contributed by atoms with van der Waals surface area (Å²) in [4.78, 5) is 17.3. The largest absolute Gasteiger partial charge is 0.446 e. The van der Waals surface area contributed by atoms with Crippen LogP contribution in [0.2, 0.25) is 10.0 Å². The van der Waals surface area contributed by atoms with Crippen molar-refractivity contribution in [1.82, 2.24) is 9.97 Å². The summed E-state index contributed by atoms with van der Waals surface area (Å²) in [5, 5.41) is 8.59. The molecule has 0 spiro atoms. The van der Waals surface area contributed by atoms with Crippen LogP contribution in [0.1, 0.15) is 18.2 Å². The molecule has 0 bridgehead atoms. The van der Waals surface area contributed by atoms with Crippen LogP contribution >= 0.6 is 23.2 Å². The predicted molar refractivity (Wildman–Crippen MR) is 75.7 cm³/mol. The summed E-state index contributed by atoms with van der Waals surface area (Å²) in [6.07, 6.45) is 0.837. The SMILES string of the molecule is CC(F)(F)c1nc[nH]c(=O)c1Oc1c(Cl)cc(C#N)cc1Cl. The Morgan fingerprint density at radius 2 is 1.91 bits per heavy atom. The van der Waals surface area contributed by atoms with E-state index in [2.05, 4.69) is 9.97 Å². The van der Waals surface area contributed by atoms with Crippen LogP contribution in [-0.4, -0.2) is 9.97 Å². The van der Waals surface area contributed by atoms with E-state index in [1.54, 1.807) is 0 Å². The van der Waals surface area contributed by atoms with Crippen molar-refractivity contribution in [2.24, 2.45) is 0 Å². The van der Waals surface area contributed by atoms with Crippen molar-refractivity contribution in [3.63, 3.8) is 0 Å². The Balaban J connectivity index is 2.58. The molecule has 0 saturated carbocycles. The fraction of sp³-hybridized carbons (Fsp3) is 0.154. The number of alkyl halides is 2. The molecule has 1 heterocycles. The zero-order chi connectivity index (χ0) is 16.5. The summed E-state index contributed by atoms with van der Waals surface area (Å²) in [5.41, 5.74) is -1.61. The van der Waals surface area contributed by atoms with Gasteiger partial charge < -0.3 is 9.72 Å². The molecule has 2 rings (SSSR count). The number of aromatic nitrogens is 2. The maximum atomic E-state index is 13.5. The lowest BCUT2D eigenvalue weighted by atomic mass is 10.2. The number of aromatic amines is 1. The molecule has 0 radical (unpaired) electrons. The van der Waals surface area contributed by atoms with Crippen LogP contribution in [0.15, 0.2) is 23.3 Å². The summed E-state index contributed by atoms with van der Waals surface area (Å²) in [7, 11) is 0. The zero-order valence-electron chi connectivity index (χ0n) is 11.0. The van der Waals surface area contributed by atoms with Gasteiger partial charge in [-0.25, -0.2) is 4.98 Å². The van der Waals surface area contributed by atoms with Crippen molar-refractivity contribution >= 4 is 23.2 Å². The van der Waals surface area contributed by atoms with Crippen molar-refractivity contribution in [2.45, 2.75) is 12.8 Å². The van der Waals surface area contributed by atoms with Gasteiger partial charge in [-0.15, -0.1) is 0 Å². The second-order valence-electron chi connectivity index (χ2n) is 4.28. The van der Waals surface area contributed by atoms with Gasteiger partial charge in [-0.3, -0.25) is 4.79 Å². The van der Waals surface area contributed by atoms with Gasteiger partial charge in [-0.05, 0) is 12.1 Å². The summed E-state index contributed by atoms with van der Waals surface area (Å²) < 4.78 is 32.2. The van der Waals surface area contributed by atoms with Gasteiger partial charge in [0.25, 0.3) is 11.5 Å². The van der Waals surface area contributed by atoms with E-state index >= 15 is 0 Å². The van der Waals surface area contributed by atoms with Crippen LogP contribution in [0.5, 0.6) is 11.5 Å². The van der Waals surface area contributed by atoms with Gasteiger partial charge in [-0.1, -0.05) is 23.2 Å². The minimum Gasteiger partial charge on any atom is -0.446 e. The lowest BCUT2D eigenvalue weighted by Gasteiger charge is -2.15. The molecule has 0 amide bonds. The quantitative estimate of drug-likeness (QED) is 0.916. The summed E-state index contributed by atoms with van der Waals surface area (Å²) in [5.74, 6) is -4.34. The number of hydrogen-bond acceptors (Lipinski definition) is 4. The number of nitriles is 1. The van der Waals surface area contributed by atoms with Crippen LogP contribution < -0.4 is 10.3 Å². The third-order valence-corrected chi connectivity index (χ3v) is 3.12. The molecule has 22 heavy (non-hydrogen) atoms. The highest BCUT2D eigenvalue weighted by Gasteiger charge is 2.33. The fourth-order valence-electron chi connectivity index (χ4n) is 1.62. The zero-order valence-corrected chi connectivity index (χ0v) is 12.5. The molecular weight excluding hydrogens is 339 g/mol. The summed E-state index contributed by atoms with van der Waals surface area (Å²) >= 11 is 11.8. The Kier molecular flexibility index (Phi) is 4.35. The highest BCUT2D eigenvalue weighted by Crippen LogP contribution is 2.39. The minimum absolute atomic E-state index is 0.0994. The third kappa shape index (κ3) is 3.18. The van der Waals surface area contributed by atoms with Crippen LogP contribution in [0.4, 0.5) is 8.78 Å². The van der Waals surface area contributed by atoms with E-state index < -0.39 is 22.9 Å². The lowest BCUT2D eigenvalue weighted by Crippen LogP contribution is -2.19. The number of halogens is 4. The molecule has 2 aromatic rings. The third-order valence-electron chi connectivity index (χ3n) is 2.56. The van der Waals surface area contributed by atoms with Crippen molar-refractivity contribution < 1.29 is 13.5 Å². The molecule has 1 aromatic carbocycles. The van der Waals surface area contributed by atoms with Crippen LogP contribution in [0, 0.1) is 11.3 Å². The lowest BCUT2D eigenvalue weighted by molar-refractivity contribution is 0.0103. The molecule has 0 fully saturated rings. The first-order valence-corrected chi connectivity index (χ1v) is 6.52. The number of benzene rings is 1. The van der Waals surface area contributed by atoms with Crippen molar-refractivity contribution in [3.05, 3.63) is 50.1 Å². The fourth-order valence-corrected chi connectivity index (χ4v) is 2.18. The second-order valence-corrected chi connectivity index (χ2v) is 5.10. The maximum Gasteiger partial charge on any atom is 0.294 e. The first-order chi connectivity index (χ1) is 10.2. The molecule has 0 unspecified atom stereocenters. The van der Waals surface area contributed by atoms with E-state index in [1.165, 1.54) is 12.1 Å². The molecule has 0 aliphatic carbocycles. The first kappa shape index (κ1) is 16.2. The van der Waals surface area contributed by atoms with Gasteiger partial charge >= 0.3 is 0 Å². The van der Waals surface area contributed by atoms with E-state index in [-0.39, 0.29) is 21.4 Å². The highest BCUT2D eigenvalue weighted by molar-refractivity contribution is 6.37. The Morgan fingerprint density at radius 3 is 2.41 bits per heavy atom. The highest BCUT2D eigenvalue weighted by atomic mass is 35.5. The second kappa shape index (κ2) is 5.91. The van der Waals surface area contributed by atoms with E-state index in [0.29, 0.717) is 6.92 Å². The predicted octanol–water partition coefficient (Wildman–Crippen LogP) is 3.85. The molecule has 0 aliphatic heterocycles. The van der Waals surface area contributed by atoms with Gasteiger partial charge in [-0.2, -0.15) is 14.0 Å². The van der Waals surface area contributed by atoms with Gasteiger partial charge in [0, 0.05) is 6.92 Å². The molecule has 0 atom stereocenters. The molecule has 114 valence electrons. The average Bonchev–Trinajstić information content (AvgIpc) is 2.42. The molecule has 9 heteroatoms. The Bertz CT molecular complexity index is 802. The Labute approximate surface area is 133 Å². The Hall–Kier alpha value is -2.17. The van der Waals surface area contributed by atoms with Gasteiger partial charge in [0.1, 0.15) is 0 Å². The molecule has 5 nitrogen and oxygen atoms in total. The van der Waals surface area contributed by atoms with Crippen LogP contribution in [0.25, 0.3) is 0 Å². The number of H-pyrrole nitrogens is 1. The van der Waals surface area contributed by atoms with E-state index in [0.717, 1.165) is 6.33 Å². The number of nitrogens with zero attached hydrogens (tertiary/aromatic N) is 2. The van der Waals surface area contributed by atoms with Crippen LogP contribution in [-0.2, 0) is 5.92 Å². The van der Waals surface area contributed by atoms with Gasteiger partial charge in [0.05, 0.1) is 28.0 Å². The number of nitrogens with one attached hydrogen (secondary N) is 1. The molecule has 1 N–H and O–H groups in total. The summed E-state index contributed by atoms with van der Waals surface area (Å²) in [6, 6.07) is 4.29. The van der Waals surface area contributed by atoms with Gasteiger partial charge in [0.15, 0.2) is 11.4 Å². The van der Waals surface area contributed by atoms with Crippen LogP contribution in [0.3, 0.4) is 0 Å². The van der Waals surface area contributed by atoms with E-state index in [4.69, 9.17) is 33.2 Å². The Morgan fingerprint density at radius 1 is 1.32 bits per heavy atom. The number of hydrogen-bond donors (Lipinski definition) is 1. The minimum atomic E-state index is -3.41. The molecule has 1 aromatic heterocycles. The maximum absolute atomic E-state index is 13.5. The van der Waals surface area contributed by atoms with Crippen molar-refractivity contribution in [1.29, 1.82) is 5.26 Å². The monoisotopic (exact) mass is 345 g/mol. The van der Waals surface area contributed by atoms with E-state index in [9.17, 15) is 13.6 Å².